The van der Waals surface area contributed by atoms with Crippen LogP contribution in [0.15, 0.2) is 0 Å². The molecule has 1 fully saturated rings. The van der Waals surface area contributed by atoms with E-state index in [0.29, 0.717) is 18.3 Å². The summed E-state index contributed by atoms with van der Waals surface area (Å²) in [6.07, 6.45) is 4.05. The highest BCUT2D eigenvalue weighted by Crippen LogP contribution is 2.32. The second-order valence-corrected chi connectivity index (χ2v) is 5.65. The van der Waals surface area contributed by atoms with Gasteiger partial charge < -0.3 is 0 Å². The van der Waals surface area contributed by atoms with Crippen LogP contribution in [-0.2, 0) is 0 Å². The van der Waals surface area contributed by atoms with E-state index in [1.54, 1.807) is 0 Å². The molecule has 0 amide bonds. The minimum Gasteiger partial charge on any atom is -0.171 e. The van der Waals surface area contributed by atoms with Crippen molar-refractivity contribution < 1.29 is 13.2 Å². The van der Waals surface area contributed by atoms with E-state index in [0.717, 1.165) is 51.4 Å². The van der Waals surface area contributed by atoms with Crippen LogP contribution in [-0.4, -0.2) is 6.18 Å². The van der Waals surface area contributed by atoms with Crippen molar-refractivity contribution in [1.82, 2.24) is 0 Å². The molecule has 3 heteroatoms. The third kappa shape index (κ3) is 8.18. The number of rotatable bonds is 5. The molecular formula is C16H25F3. The first-order valence-corrected chi connectivity index (χ1v) is 7.56. The van der Waals surface area contributed by atoms with Crippen LogP contribution in [0.5, 0.6) is 0 Å². The molecule has 0 unspecified atom stereocenters. The van der Waals surface area contributed by atoms with Gasteiger partial charge in [0.25, 0.3) is 0 Å². The van der Waals surface area contributed by atoms with E-state index in [-0.39, 0.29) is 0 Å². The molecule has 1 aliphatic carbocycles. The SMILES string of the molecule is CCCC#CC1CCC(CCCCC(F)(F)F)CC1. The molecule has 1 saturated carbocycles. The fraction of sp³-hybridized carbons (Fsp3) is 0.875. The molecule has 0 atom stereocenters. The van der Waals surface area contributed by atoms with Gasteiger partial charge in [0.1, 0.15) is 0 Å². The molecule has 1 aliphatic rings. The normalized spacial score (nSPS) is 23.8. The van der Waals surface area contributed by atoms with Crippen LogP contribution in [0.25, 0.3) is 0 Å². The van der Waals surface area contributed by atoms with Crippen molar-refractivity contribution in [3.8, 4) is 11.8 Å². The first-order chi connectivity index (χ1) is 9.01. The van der Waals surface area contributed by atoms with Gasteiger partial charge in [-0.2, -0.15) is 13.2 Å². The first-order valence-electron chi connectivity index (χ1n) is 7.56. The molecule has 19 heavy (non-hydrogen) atoms. The summed E-state index contributed by atoms with van der Waals surface area (Å²) < 4.78 is 36.0. The number of hydrogen-bond donors (Lipinski definition) is 0. The zero-order valence-corrected chi connectivity index (χ0v) is 11.9. The molecular weight excluding hydrogens is 249 g/mol. The van der Waals surface area contributed by atoms with Gasteiger partial charge in [-0.05, 0) is 44.4 Å². The Morgan fingerprint density at radius 2 is 1.74 bits per heavy atom. The maximum absolute atomic E-state index is 12.0. The zero-order chi connectivity index (χ0) is 14.1. The van der Waals surface area contributed by atoms with E-state index < -0.39 is 12.6 Å². The molecule has 110 valence electrons. The average molecular weight is 274 g/mol. The van der Waals surface area contributed by atoms with Crippen molar-refractivity contribution in [3.63, 3.8) is 0 Å². The molecule has 0 N–H and O–H groups in total. The molecule has 0 heterocycles. The van der Waals surface area contributed by atoms with Crippen LogP contribution in [0.1, 0.15) is 71.1 Å². The summed E-state index contributed by atoms with van der Waals surface area (Å²) in [6, 6.07) is 0. The van der Waals surface area contributed by atoms with Crippen LogP contribution >= 0.6 is 0 Å². The molecule has 0 aromatic rings. The van der Waals surface area contributed by atoms with Crippen molar-refractivity contribution in [2.45, 2.75) is 77.3 Å². The van der Waals surface area contributed by atoms with E-state index >= 15 is 0 Å². The van der Waals surface area contributed by atoms with Gasteiger partial charge in [-0.3, -0.25) is 0 Å². The monoisotopic (exact) mass is 274 g/mol. The zero-order valence-electron chi connectivity index (χ0n) is 11.9. The second-order valence-electron chi connectivity index (χ2n) is 5.65. The predicted octanol–water partition coefficient (Wildman–Crippen LogP) is 5.72. The van der Waals surface area contributed by atoms with Crippen molar-refractivity contribution >= 4 is 0 Å². The van der Waals surface area contributed by atoms with Crippen LogP contribution in [0, 0.1) is 23.7 Å². The van der Waals surface area contributed by atoms with E-state index in [9.17, 15) is 13.2 Å². The van der Waals surface area contributed by atoms with Crippen LogP contribution in [0.2, 0.25) is 0 Å². The molecule has 0 aromatic heterocycles. The lowest BCUT2D eigenvalue weighted by Gasteiger charge is -2.25. The highest BCUT2D eigenvalue weighted by atomic mass is 19.4. The number of halogens is 3. The van der Waals surface area contributed by atoms with E-state index in [1.807, 2.05) is 0 Å². The van der Waals surface area contributed by atoms with Crippen molar-refractivity contribution in [2.24, 2.45) is 11.8 Å². The van der Waals surface area contributed by atoms with Gasteiger partial charge in [-0.25, -0.2) is 0 Å². The third-order valence-electron chi connectivity index (χ3n) is 3.85. The highest BCUT2D eigenvalue weighted by Gasteiger charge is 2.26. The lowest BCUT2D eigenvalue weighted by Crippen LogP contribution is -2.14. The topological polar surface area (TPSA) is 0 Å². The molecule has 0 aliphatic heterocycles. The number of unbranched alkanes of at least 4 members (excludes halogenated alkanes) is 2. The van der Waals surface area contributed by atoms with Gasteiger partial charge in [0.2, 0.25) is 0 Å². The Hall–Kier alpha value is -0.650. The molecule has 1 rings (SSSR count). The standard InChI is InChI=1S/C16H25F3/c1-2-3-4-7-14-9-11-15(12-10-14)8-5-6-13-16(17,18)19/h14-15H,2-3,5-6,8-13H2,1H3. The number of alkyl halides is 3. The summed E-state index contributed by atoms with van der Waals surface area (Å²) in [7, 11) is 0. The smallest absolute Gasteiger partial charge is 0.171 e. The quantitative estimate of drug-likeness (QED) is 0.444. The van der Waals surface area contributed by atoms with Gasteiger partial charge in [0.15, 0.2) is 0 Å². The number of hydrogen-bond acceptors (Lipinski definition) is 0. The maximum Gasteiger partial charge on any atom is 0.389 e. The van der Waals surface area contributed by atoms with E-state index in [2.05, 4.69) is 18.8 Å². The summed E-state index contributed by atoms with van der Waals surface area (Å²) in [5.74, 6) is 7.72. The summed E-state index contributed by atoms with van der Waals surface area (Å²) in [6.45, 7) is 2.13. The molecule has 0 bridgehead atoms. The minimum absolute atomic E-state index is 0.291. The Bertz CT molecular complexity index is 287. The Morgan fingerprint density at radius 1 is 1.05 bits per heavy atom. The van der Waals surface area contributed by atoms with Gasteiger partial charge in [-0.1, -0.05) is 25.7 Å². The lowest BCUT2D eigenvalue weighted by molar-refractivity contribution is -0.135. The largest absolute Gasteiger partial charge is 0.389 e. The average Bonchev–Trinajstić information content (AvgIpc) is 2.36. The van der Waals surface area contributed by atoms with Gasteiger partial charge >= 0.3 is 6.18 Å². The van der Waals surface area contributed by atoms with Gasteiger partial charge in [0, 0.05) is 18.8 Å². The fourth-order valence-electron chi connectivity index (χ4n) is 2.70. The first kappa shape index (κ1) is 16.4. The summed E-state index contributed by atoms with van der Waals surface area (Å²) in [4.78, 5) is 0. The van der Waals surface area contributed by atoms with Crippen LogP contribution in [0.4, 0.5) is 13.2 Å². The maximum atomic E-state index is 12.0. The molecule has 0 nitrogen and oxygen atoms in total. The predicted molar refractivity (Wildman–Crippen MR) is 72.7 cm³/mol. The highest BCUT2D eigenvalue weighted by molar-refractivity contribution is 5.04. The molecule has 0 radical (unpaired) electrons. The van der Waals surface area contributed by atoms with Gasteiger partial charge in [-0.15, -0.1) is 5.92 Å². The van der Waals surface area contributed by atoms with E-state index in [1.165, 1.54) is 0 Å². The molecule has 0 spiro atoms. The summed E-state index contributed by atoms with van der Waals surface area (Å²) in [5.41, 5.74) is 0. The van der Waals surface area contributed by atoms with Crippen LogP contribution < -0.4 is 0 Å². The minimum atomic E-state index is -3.98. The summed E-state index contributed by atoms with van der Waals surface area (Å²) in [5, 5.41) is 0. The summed E-state index contributed by atoms with van der Waals surface area (Å²) >= 11 is 0. The van der Waals surface area contributed by atoms with E-state index in [4.69, 9.17) is 0 Å². The Kier molecular flexibility index (Phi) is 7.34. The second kappa shape index (κ2) is 8.51. The molecule has 0 saturated heterocycles. The fourth-order valence-corrected chi connectivity index (χ4v) is 2.70. The Morgan fingerprint density at radius 3 is 2.32 bits per heavy atom. The van der Waals surface area contributed by atoms with Crippen LogP contribution in [0.3, 0.4) is 0 Å². The van der Waals surface area contributed by atoms with Crippen molar-refractivity contribution in [3.05, 3.63) is 0 Å². The third-order valence-corrected chi connectivity index (χ3v) is 3.85. The van der Waals surface area contributed by atoms with Crippen molar-refractivity contribution in [1.29, 1.82) is 0 Å². The Balaban J connectivity index is 2.09. The Labute approximate surface area is 115 Å². The van der Waals surface area contributed by atoms with Gasteiger partial charge in [0.05, 0.1) is 0 Å². The van der Waals surface area contributed by atoms with Crippen molar-refractivity contribution in [2.75, 3.05) is 0 Å². The lowest BCUT2D eigenvalue weighted by atomic mass is 9.80. The molecule has 0 aromatic carbocycles.